The highest BCUT2D eigenvalue weighted by Gasteiger charge is 2.33. The van der Waals surface area contributed by atoms with E-state index in [1.54, 1.807) is 7.11 Å². The number of nitrogens with zero attached hydrogens (tertiary/aromatic N) is 1. The second kappa shape index (κ2) is 6.82. The van der Waals surface area contributed by atoms with Gasteiger partial charge in [-0.25, -0.2) is 0 Å². The molecule has 0 saturated carbocycles. The van der Waals surface area contributed by atoms with Gasteiger partial charge in [-0.3, -0.25) is 4.79 Å². The van der Waals surface area contributed by atoms with Gasteiger partial charge in [0.2, 0.25) is 0 Å². The molecule has 0 bridgehead atoms. The van der Waals surface area contributed by atoms with E-state index in [1.165, 1.54) is 12.8 Å². The number of carbonyl (C=O) groups excluding carboxylic acids is 1. The number of benzene rings is 1. The molecule has 21 heavy (non-hydrogen) atoms. The van der Waals surface area contributed by atoms with E-state index < -0.39 is 0 Å². The van der Waals surface area contributed by atoms with Crippen LogP contribution < -0.4 is 4.74 Å². The van der Waals surface area contributed by atoms with Crippen LogP contribution in [0.2, 0.25) is 0 Å². The van der Waals surface area contributed by atoms with Crippen molar-refractivity contribution in [1.82, 2.24) is 4.90 Å². The second-order valence-corrected chi connectivity index (χ2v) is 6.70. The molecule has 0 radical (unpaired) electrons. The predicted molar refractivity (Wildman–Crippen MR) is 88.8 cm³/mol. The second-order valence-electron chi connectivity index (χ2n) is 5.85. The van der Waals surface area contributed by atoms with Crippen molar-refractivity contribution in [2.75, 3.05) is 20.2 Å². The summed E-state index contributed by atoms with van der Waals surface area (Å²) in [7, 11) is 1.62. The lowest BCUT2D eigenvalue weighted by Gasteiger charge is -2.41. The van der Waals surface area contributed by atoms with E-state index in [2.05, 4.69) is 29.8 Å². The summed E-state index contributed by atoms with van der Waals surface area (Å²) in [6.07, 6.45) is 4.61. The van der Waals surface area contributed by atoms with Crippen LogP contribution >= 0.6 is 15.9 Å². The molecule has 1 aromatic rings. The third-order valence-corrected chi connectivity index (χ3v) is 5.71. The van der Waals surface area contributed by atoms with E-state index in [1.807, 2.05) is 23.1 Å². The first-order chi connectivity index (χ1) is 10.0. The lowest BCUT2D eigenvalue weighted by atomic mass is 9.74. The van der Waals surface area contributed by atoms with Crippen LogP contribution in [0.5, 0.6) is 5.75 Å². The highest BCUT2D eigenvalue weighted by atomic mass is 79.9. The van der Waals surface area contributed by atoms with Gasteiger partial charge in [0.25, 0.3) is 5.91 Å². The predicted octanol–water partition coefficient (Wildman–Crippen LogP) is 4.50. The third kappa shape index (κ3) is 3.42. The number of amides is 1. The number of hydrogen-bond donors (Lipinski definition) is 0. The maximum absolute atomic E-state index is 12.7. The van der Waals surface area contributed by atoms with Crippen LogP contribution in [0.1, 0.15) is 49.9 Å². The summed E-state index contributed by atoms with van der Waals surface area (Å²) in [6.45, 7) is 6.23. The Kier molecular flexibility index (Phi) is 5.31. The first-order valence-electron chi connectivity index (χ1n) is 7.68. The smallest absolute Gasteiger partial charge is 0.255 e. The average molecular weight is 354 g/mol. The van der Waals surface area contributed by atoms with E-state index in [-0.39, 0.29) is 5.91 Å². The van der Waals surface area contributed by atoms with Gasteiger partial charge in [0.05, 0.1) is 12.7 Å². The van der Waals surface area contributed by atoms with Crippen molar-refractivity contribution in [3.63, 3.8) is 0 Å². The van der Waals surface area contributed by atoms with Crippen molar-refractivity contribution in [2.24, 2.45) is 5.41 Å². The first kappa shape index (κ1) is 16.3. The Balaban J connectivity index is 2.12. The minimum absolute atomic E-state index is 0.0987. The summed E-state index contributed by atoms with van der Waals surface area (Å²) >= 11 is 3.47. The largest absolute Gasteiger partial charge is 0.497 e. The standard InChI is InChI=1S/C17H24BrNO2/c1-4-17(5-2)8-10-19(11-9-17)16(20)14-12-13(21-3)6-7-15(14)18/h6-7,12H,4-5,8-11H2,1-3H3. The van der Waals surface area contributed by atoms with Gasteiger partial charge in [0.1, 0.15) is 5.75 Å². The number of hydrogen-bond acceptors (Lipinski definition) is 2. The lowest BCUT2D eigenvalue weighted by molar-refractivity contribution is 0.0556. The summed E-state index contributed by atoms with van der Waals surface area (Å²) in [4.78, 5) is 14.7. The van der Waals surface area contributed by atoms with Gasteiger partial charge in [-0.1, -0.05) is 26.7 Å². The molecule has 1 aliphatic rings. The molecule has 0 N–H and O–H groups in total. The molecule has 2 rings (SSSR count). The minimum atomic E-state index is 0.0987. The molecule has 3 nitrogen and oxygen atoms in total. The van der Waals surface area contributed by atoms with Crippen LogP contribution in [0.4, 0.5) is 0 Å². The molecule has 1 amide bonds. The number of halogens is 1. The molecule has 116 valence electrons. The summed E-state index contributed by atoms with van der Waals surface area (Å²) in [5, 5.41) is 0. The molecule has 0 aliphatic carbocycles. The Morgan fingerprint density at radius 3 is 2.43 bits per heavy atom. The van der Waals surface area contributed by atoms with Gasteiger partial charge < -0.3 is 9.64 Å². The zero-order chi connectivity index (χ0) is 15.5. The van der Waals surface area contributed by atoms with Crippen molar-refractivity contribution in [2.45, 2.75) is 39.5 Å². The van der Waals surface area contributed by atoms with Crippen molar-refractivity contribution in [3.05, 3.63) is 28.2 Å². The number of carbonyl (C=O) groups is 1. The van der Waals surface area contributed by atoms with Crippen molar-refractivity contribution in [3.8, 4) is 5.75 Å². The van der Waals surface area contributed by atoms with E-state index >= 15 is 0 Å². The monoisotopic (exact) mass is 353 g/mol. The quantitative estimate of drug-likeness (QED) is 0.797. The summed E-state index contributed by atoms with van der Waals surface area (Å²) in [5.41, 5.74) is 1.12. The highest BCUT2D eigenvalue weighted by molar-refractivity contribution is 9.10. The van der Waals surface area contributed by atoms with E-state index in [0.29, 0.717) is 11.0 Å². The van der Waals surface area contributed by atoms with Gasteiger partial charge in [0, 0.05) is 17.6 Å². The minimum Gasteiger partial charge on any atom is -0.497 e. The zero-order valence-corrected chi connectivity index (χ0v) is 14.7. The molecular weight excluding hydrogens is 330 g/mol. The van der Waals surface area contributed by atoms with Gasteiger partial charge in [-0.15, -0.1) is 0 Å². The van der Waals surface area contributed by atoms with E-state index in [9.17, 15) is 4.79 Å². The van der Waals surface area contributed by atoms with Crippen LogP contribution in [-0.4, -0.2) is 31.0 Å². The average Bonchev–Trinajstić information content (AvgIpc) is 2.55. The number of likely N-dealkylation sites (tertiary alicyclic amines) is 1. The fourth-order valence-corrected chi connectivity index (χ4v) is 3.52. The van der Waals surface area contributed by atoms with Crippen molar-refractivity contribution < 1.29 is 9.53 Å². The maximum atomic E-state index is 12.7. The fraction of sp³-hybridized carbons (Fsp3) is 0.588. The van der Waals surface area contributed by atoms with Crippen LogP contribution in [0.25, 0.3) is 0 Å². The number of piperidine rings is 1. The Hall–Kier alpha value is -1.03. The highest BCUT2D eigenvalue weighted by Crippen LogP contribution is 2.38. The molecule has 1 fully saturated rings. The molecule has 1 aliphatic heterocycles. The summed E-state index contributed by atoms with van der Waals surface area (Å²) in [5.74, 6) is 0.816. The molecule has 0 atom stereocenters. The lowest BCUT2D eigenvalue weighted by Crippen LogP contribution is -2.42. The van der Waals surface area contributed by atoms with Crippen LogP contribution in [0, 0.1) is 5.41 Å². The molecule has 1 heterocycles. The number of rotatable bonds is 4. The van der Waals surface area contributed by atoms with Crippen molar-refractivity contribution >= 4 is 21.8 Å². The normalized spacial score (nSPS) is 17.6. The van der Waals surface area contributed by atoms with Crippen LogP contribution in [-0.2, 0) is 0 Å². The SMILES string of the molecule is CCC1(CC)CCN(C(=O)c2cc(OC)ccc2Br)CC1. The molecule has 4 heteroatoms. The van der Waals surface area contributed by atoms with Gasteiger partial charge in [-0.05, 0) is 52.4 Å². The molecule has 1 aromatic carbocycles. The summed E-state index contributed by atoms with van der Waals surface area (Å²) in [6, 6.07) is 5.54. The first-order valence-corrected chi connectivity index (χ1v) is 8.47. The third-order valence-electron chi connectivity index (χ3n) is 5.02. The van der Waals surface area contributed by atoms with Crippen molar-refractivity contribution in [1.29, 1.82) is 0 Å². The molecule has 0 spiro atoms. The molecular formula is C17H24BrNO2. The fourth-order valence-electron chi connectivity index (χ4n) is 3.11. The van der Waals surface area contributed by atoms with Crippen LogP contribution in [0.3, 0.4) is 0 Å². The number of methoxy groups -OCH3 is 1. The zero-order valence-electron chi connectivity index (χ0n) is 13.1. The Morgan fingerprint density at radius 1 is 1.29 bits per heavy atom. The molecule has 1 saturated heterocycles. The van der Waals surface area contributed by atoms with Crippen LogP contribution in [0.15, 0.2) is 22.7 Å². The van der Waals surface area contributed by atoms with Gasteiger partial charge >= 0.3 is 0 Å². The molecule has 0 unspecified atom stereocenters. The van der Waals surface area contributed by atoms with Gasteiger partial charge in [-0.2, -0.15) is 0 Å². The summed E-state index contributed by atoms with van der Waals surface area (Å²) < 4.78 is 6.05. The maximum Gasteiger partial charge on any atom is 0.255 e. The van der Waals surface area contributed by atoms with Gasteiger partial charge in [0.15, 0.2) is 0 Å². The Morgan fingerprint density at radius 2 is 1.90 bits per heavy atom. The Bertz CT molecular complexity index is 502. The van der Waals surface area contributed by atoms with E-state index in [4.69, 9.17) is 4.74 Å². The molecule has 0 aromatic heterocycles. The Labute approximate surface area is 135 Å². The topological polar surface area (TPSA) is 29.5 Å². The van der Waals surface area contributed by atoms with E-state index in [0.717, 1.165) is 36.2 Å². The number of ether oxygens (including phenoxy) is 1.